The Labute approximate surface area is 116 Å². The molecule has 0 bridgehead atoms. The van der Waals surface area contributed by atoms with Crippen molar-refractivity contribution < 1.29 is 5.11 Å². The SMILES string of the molecule is CCCCCCCCCCC(O)c1sccc1C. The van der Waals surface area contributed by atoms with Gasteiger partial charge in [-0.3, -0.25) is 0 Å². The van der Waals surface area contributed by atoms with E-state index in [0.29, 0.717) is 0 Å². The smallest absolute Gasteiger partial charge is 0.0884 e. The molecule has 0 spiro atoms. The molecule has 0 fully saturated rings. The van der Waals surface area contributed by atoms with Gasteiger partial charge >= 0.3 is 0 Å². The molecule has 18 heavy (non-hydrogen) atoms. The van der Waals surface area contributed by atoms with Gasteiger partial charge in [0.1, 0.15) is 0 Å². The largest absolute Gasteiger partial charge is 0.388 e. The summed E-state index contributed by atoms with van der Waals surface area (Å²) in [5.41, 5.74) is 1.24. The zero-order valence-electron chi connectivity index (χ0n) is 12.0. The van der Waals surface area contributed by atoms with Gasteiger partial charge in [-0.15, -0.1) is 11.3 Å². The Morgan fingerprint density at radius 3 is 2.22 bits per heavy atom. The van der Waals surface area contributed by atoms with Gasteiger partial charge in [0.05, 0.1) is 6.10 Å². The van der Waals surface area contributed by atoms with Gasteiger partial charge in [0.15, 0.2) is 0 Å². The maximum absolute atomic E-state index is 10.1. The first kappa shape index (κ1) is 15.7. The molecule has 1 atom stereocenters. The van der Waals surface area contributed by atoms with E-state index in [1.54, 1.807) is 11.3 Å². The van der Waals surface area contributed by atoms with Crippen LogP contribution >= 0.6 is 11.3 Å². The van der Waals surface area contributed by atoms with Crippen molar-refractivity contribution in [2.75, 3.05) is 0 Å². The monoisotopic (exact) mass is 268 g/mol. The molecule has 0 aliphatic heterocycles. The fourth-order valence-corrected chi connectivity index (χ4v) is 3.28. The summed E-state index contributed by atoms with van der Waals surface area (Å²) in [6.45, 7) is 4.34. The lowest BCUT2D eigenvalue weighted by Gasteiger charge is -2.09. The Morgan fingerprint density at radius 1 is 1.06 bits per heavy atom. The standard InChI is InChI=1S/C16H28OS/c1-3-4-5-6-7-8-9-10-11-15(17)16-14(2)12-13-18-16/h12-13,15,17H,3-11H2,1-2H3. The van der Waals surface area contributed by atoms with E-state index in [-0.39, 0.29) is 6.10 Å². The summed E-state index contributed by atoms with van der Waals surface area (Å²) in [7, 11) is 0. The van der Waals surface area contributed by atoms with E-state index in [1.165, 1.54) is 50.5 Å². The number of hydrogen-bond acceptors (Lipinski definition) is 2. The van der Waals surface area contributed by atoms with Crippen LogP contribution in [-0.2, 0) is 0 Å². The maximum Gasteiger partial charge on any atom is 0.0884 e. The Hall–Kier alpha value is -0.340. The third-order valence-corrected chi connectivity index (χ3v) is 4.66. The summed E-state index contributed by atoms with van der Waals surface area (Å²) < 4.78 is 0. The van der Waals surface area contributed by atoms with E-state index < -0.39 is 0 Å². The molecule has 0 saturated heterocycles. The average molecular weight is 268 g/mol. The minimum Gasteiger partial charge on any atom is -0.388 e. The van der Waals surface area contributed by atoms with Gasteiger partial charge in [0, 0.05) is 4.88 Å². The molecule has 1 nitrogen and oxygen atoms in total. The molecule has 0 radical (unpaired) electrons. The zero-order chi connectivity index (χ0) is 13.2. The first-order valence-electron chi connectivity index (χ1n) is 7.47. The fourth-order valence-electron chi connectivity index (χ4n) is 2.33. The topological polar surface area (TPSA) is 20.2 Å². The summed E-state index contributed by atoms with van der Waals surface area (Å²) in [4.78, 5) is 1.16. The molecule has 0 saturated carbocycles. The van der Waals surface area contributed by atoms with Gasteiger partial charge < -0.3 is 5.11 Å². The van der Waals surface area contributed by atoms with Crippen LogP contribution in [0.3, 0.4) is 0 Å². The predicted octanol–water partition coefficient (Wildman–Crippen LogP) is 5.62. The van der Waals surface area contributed by atoms with Gasteiger partial charge in [0.2, 0.25) is 0 Å². The van der Waals surface area contributed by atoms with Crippen molar-refractivity contribution in [1.82, 2.24) is 0 Å². The number of aryl methyl sites for hydroxylation is 1. The van der Waals surface area contributed by atoms with Crippen molar-refractivity contribution in [2.45, 2.75) is 77.7 Å². The number of hydrogen-bond donors (Lipinski definition) is 1. The molecule has 1 N–H and O–H groups in total. The van der Waals surface area contributed by atoms with E-state index >= 15 is 0 Å². The van der Waals surface area contributed by atoms with Crippen molar-refractivity contribution in [3.8, 4) is 0 Å². The van der Waals surface area contributed by atoms with Crippen molar-refractivity contribution >= 4 is 11.3 Å². The molecule has 0 aliphatic carbocycles. The molecule has 1 aromatic rings. The van der Waals surface area contributed by atoms with Gasteiger partial charge in [-0.05, 0) is 30.4 Å². The van der Waals surface area contributed by atoms with Gasteiger partial charge in [-0.25, -0.2) is 0 Å². The van der Waals surface area contributed by atoms with Crippen LogP contribution < -0.4 is 0 Å². The molecule has 1 heterocycles. The highest BCUT2D eigenvalue weighted by molar-refractivity contribution is 7.10. The molecular formula is C16H28OS. The number of thiophene rings is 1. The van der Waals surface area contributed by atoms with Crippen molar-refractivity contribution in [2.24, 2.45) is 0 Å². The Balaban J connectivity index is 1.99. The van der Waals surface area contributed by atoms with Crippen LogP contribution in [0.2, 0.25) is 0 Å². The van der Waals surface area contributed by atoms with Crippen LogP contribution in [-0.4, -0.2) is 5.11 Å². The second kappa shape index (κ2) is 9.57. The number of aliphatic hydroxyl groups is 1. The van der Waals surface area contributed by atoms with Crippen LogP contribution in [0.5, 0.6) is 0 Å². The highest BCUT2D eigenvalue weighted by Crippen LogP contribution is 2.27. The first-order chi connectivity index (χ1) is 8.75. The number of aliphatic hydroxyl groups excluding tert-OH is 1. The summed E-state index contributed by atoms with van der Waals surface area (Å²) >= 11 is 1.69. The lowest BCUT2D eigenvalue weighted by molar-refractivity contribution is 0.166. The Bertz CT molecular complexity index is 306. The van der Waals surface area contributed by atoms with Gasteiger partial charge in [0.25, 0.3) is 0 Å². The summed E-state index contributed by atoms with van der Waals surface area (Å²) in [5.74, 6) is 0. The van der Waals surface area contributed by atoms with Gasteiger partial charge in [-0.1, -0.05) is 58.3 Å². The first-order valence-corrected chi connectivity index (χ1v) is 8.35. The van der Waals surface area contributed by atoms with E-state index in [4.69, 9.17) is 0 Å². The van der Waals surface area contributed by atoms with Crippen molar-refractivity contribution in [3.63, 3.8) is 0 Å². The predicted molar refractivity (Wildman–Crippen MR) is 81.2 cm³/mol. The van der Waals surface area contributed by atoms with Crippen molar-refractivity contribution in [3.05, 3.63) is 21.9 Å². The summed E-state index contributed by atoms with van der Waals surface area (Å²) in [6.07, 6.45) is 11.3. The average Bonchev–Trinajstić information content (AvgIpc) is 2.79. The lowest BCUT2D eigenvalue weighted by atomic mass is 10.0. The third-order valence-electron chi connectivity index (χ3n) is 3.54. The van der Waals surface area contributed by atoms with Crippen LogP contribution in [0.15, 0.2) is 11.4 Å². The van der Waals surface area contributed by atoms with Crippen LogP contribution in [0.25, 0.3) is 0 Å². The second-order valence-corrected chi connectivity index (χ2v) is 6.19. The Morgan fingerprint density at radius 2 is 1.67 bits per heavy atom. The molecular weight excluding hydrogens is 240 g/mol. The molecule has 1 rings (SSSR count). The van der Waals surface area contributed by atoms with E-state index in [2.05, 4.69) is 25.3 Å². The highest BCUT2D eigenvalue weighted by atomic mass is 32.1. The van der Waals surface area contributed by atoms with Crippen LogP contribution in [0.1, 0.15) is 81.3 Å². The van der Waals surface area contributed by atoms with Crippen molar-refractivity contribution in [1.29, 1.82) is 0 Å². The van der Waals surface area contributed by atoms with E-state index in [0.717, 1.165) is 17.7 Å². The van der Waals surface area contributed by atoms with Crippen LogP contribution in [0, 0.1) is 6.92 Å². The third kappa shape index (κ3) is 6.01. The quantitative estimate of drug-likeness (QED) is 0.546. The van der Waals surface area contributed by atoms with E-state index in [1.807, 2.05) is 0 Å². The van der Waals surface area contributed by atoms with Crippen LogP contribution in [0.4, 0.5) is 0 Å². The fraction of sp³-hybridized carbons (Fsp3) is 0.750. The van der Waals surface area contributed by atoms with Gasteiger partial charge in [-0.2, -0.15) is 0 Å². The zero-order valence-corrected chi connectivity index (χ0v) is 12.8. The molecule has 1 unspecified atom stereocenters. The second-order valence-electron chi connectivity index (χ2n) is 5.25. The highest BCUT2D eigenvalue weighted by Gasteiger charge is 2.10. The number of rotatable bonds is 10. The minimum atomic E-state index is -0.231. The molecule has 1 aromatic heterocycles. The van der Waals surface area contributed by atoms with E-state index in [9.17, 15) is 5.11 Å². The summed E-state index contributed by atoms with van der Waals surface area (Å²) in [6, 6.07) is 2.09. The lowest BCUT2D eigenvalue weighted by Crippen LogP contribution is -1.96. The molecule has 2 heteroatoms. The molecule has 0 amide bonds. The molecule has 104 valence electrons. The normalized spacial score (nSPS) is 12.8. The molecule has 0 aromatic carbocycles. The maximum atomic E-state index is 10.1. The minimum absolute atomic E-state index is 0.231. The Kier molecular flexibility index (Phi) is 8.36. The molecule has 0 aliphatic rings. The number of unbranched alkanes of at least 4 members (excludes halogenated alkanes) is 7. The summed E-state index contributed by atoms with van der Waals surface area (Å²) in [5, 5.41) is 12.1.